The number of aromatic nitrogens is 3. The van der Waals surface area contributed by atoms with Crippen LogP contribution in [-0.2, 0) is 36.1 Å². The van der Waals surface area contributed by atoms with Gasteiger partial charge in [0.2, 0.25) is 0 Å². The fraction of sp³-hybridized carbons (Fsp3) is 0.378. The van der Waals surface area contributed by atoms with E-state index in [9.17, 15) is 4.79 Å². The van der Waals surface area contributed by atoms with Gasteiger partial charge >= 0.3 is 5.97 Å². The van der Waals surface area contributed by atoms with Gasteiger partial charge in [0.15, 0.2) is 0 Å². The summed E-state index contributed by atoms with van der Waals surface area (Å²) in [5.74, 6) is 1.35. The first-order valence-electron chi connectivity index (χ1n) is 19.5. The number of hydrogen-bond donors (Lipinski definition) is 0. The fourth-order valence-electron chi connectivity index (χ4n) is 7.74. The number of anilines is 1. The van der Waals surface area contributed by atoms with Gasteiger partial charge in [0, 0.05) is 60.0 Å². The molecule has 0 N–H and O–H groups in total. The summed E-state index contributed by atoms with van der Waals surface area (Å²) in [6.07, 6.45) is 2.25. The zero-order chi connectivity index (χ0) is 38.3. The van der Waals surface area contributed by atoms with Gasteiger partial charge in [0.1, 0.15) is 29.5 Å². The summed E-state index contributed by atoms with van der Waals surface area (Å²) in [5, 5.41) is 8.25. The molecule has 0 amide bonds. The molecule has 1 aliphatic heterocycles. The normalized spacial score (nSPS) is 13.2. The van der Waals surface area contributed by atoms with Gasteiger partial charge in [-0.1, -0.05) is 54.6 Å². The second-order valence-corrected chi connectivity index (χ2v) is 14.4. The molecule has 288 valence electrons. The number of hydrogen-bond acceptors (Lipinski definition) is 8. The van der Waals surface area contributed by atoms with Gasteiger partial charge in [-0.2, -0.15) is 5.10 Å². The van der Waals surface area contributed by atoms with Crippen LogP contribution >= 0.6 is 0 Å². The predicted octanol–water partition coefficient (Wildman–Crippen LogP) is 8.06. The maximum absolute atomic E-state index is 14.0. The third kappa shape index (κ3) is 8.35. The second-order valence-electron chi connectivity index (χ2n) is 14.4. The Balaban J connectivity index is 1.23. The van der Waals surface area contributed by atoms with Gasteiger partial charge < -0.3 is 33.3 Å². The van der Waals surface area contributed by atoms with E-state index < -0.39 is 0 Å². The van der Waals surface area contributed by atoms with Gasteiger partial charge in [-0.25, -0.2) is 4.79 Å². The van der Waals surface area contributed by atoms with E-state index in [-0.39, 0.29) is 5.97 Å². The lowest BCUT2D eigenvalue weighted by Gasteiger charge is -2.28. The molecule has 1 aliphatic rings. The number of fused-ring (bicyclic) bond motifs is 2. The Morgan fingerprint density at radius 2 is 1.64 bits per heavy atom. The van der Waals surface area contributed by atoms with E-state index in [2.05, 4.69) is 83.9 Å². The van der Waals surface area contributed by atoms with Crippen LogP contribution in [0.25, 0.3) is 32.8 Å². The monoisotopic (exact) mass is 743 g/mol. The van der Waals surface area contributed by atoms with Crippen molar-refractivity contribution in [2.45, 2.75) is 46.3 Å². The first-order chi connectivity index (χ1) is 26.8. The Kier molecular flexibility index (Phi) is 12.0. The summed E-state index contributed by atoms with van der Waals surface area (Å²) in [6, 6.07) is 29.1. The summed E-state index contributed by atoms with van der Waals surface area (Å²) in [7, 11) is 6.13. The van der Waals surface area contributed by atoms with Crippen LogP contribution in [0.4, 0.5) is 5.69 Å². The van der Waals surface area contributed by atoms with E-state index in [1.165, 1.54) is 5.69 Å². The summed E-state index contributed by atoms with van der Waals surface area (Å²) < 4.78 is 28.2. The molecule has 10 heteroatoms. The minimum absolute atomic E-state index is 0.297. The lowest BCUT2D eigenvalue weighted by atomic mass is 9.98. The van der Waals surface area contributed by atoms with Crippen LogP contribution in [0.2, 0.25) is 0 Å². The van der Waals surface area contributed by atoms with Crippen molar-refractivity contribution in [2.75, 3.05) is 65.1 Å². The fourth-order valence-corrected chi connectivity index (χ4v) is 7.74. The van der Waals surface area contributed by atoms with Crippen molar-refractivity contribution in [3.05, 3.63) is 108 Å². The quantitative estimate of drug-likeness (QED) is 0.0728. The van der Waals surface area contributed by atoms with Gasteiger partial charge in [-0.3, -0.25) is 4.68 Å². The number of aryl methyl sites for hydroxylation is 3. The Labute approximate surface area is 324 Å². The standard InChI is InChI=1S/C45H53N5O5/c1-6-53-45(51)44-38(18-11-28-54-41-19-9-14-33-13-7-8-15-36(33)41)37-16-10-17-39(43(37)50(44)25-12-24-47(3)4)42-32(2)48(5)46-40(42)31-55-35-22-20-34(21-23-35)49-26-29-52-30-27-49/h7-10,13-17,19-23H,6,11-12,18,24-31H2,1-5H3. The summed E-state index contributed by atoms with van der Waals surface area (Å²) >= 11 is 0. The third-order valence-corrected chi connectivity index (χ3v) is 10.5. The van der Waals surface area contributed by atoms with Crippen LogP contribution in [0.3, 0.4) is 0 Å². The van der Waals surface area contributed by atoms with Crippen molar-refractivity contribution in [1.82, 2.24) is 19.2 Å². The first kappa shape index (κ1) is 38.0. The lowest BCUT2D eigenvalue weighted by molar-refractivity contribution is 0.0512. The molecule has 1 fully saturated rings. The number of rotatable bonds is 16. The number of benzene rings is 4. The highest BCUT2D eigenvalue weighted by atomic mass is 16.5. The average molecular weight is 744 g/mol. The summed E-state index contributed by atoms with van der Waals surface area (Å²) in [4.78, 5) is 18.5. The minimum atomic E-state index is -0.300. The molecule has 0 radical (unpaired) electrons. The maximum atomic E-state index is 14.0. The number of ether oxygens (including phenoxy) is 4. The molecule has 3 heterocycles. The second kappa shape index (κ2) is 17.4. The van der Waals surface area contributed by atoms with E-state index in [0.717, 1.165) is 107 Å². The molecule has 6 aromatic rings. The Morgan fingerprint density at radius 3 is 2.42 bits per heavy atom. The lowest BCUT2D eigenvalue weighted by Crippen LogP contribution is -2.36. The summed E-state index contributed by atoms with van der Waals surface area (Å²) in [6.45, 7) is 9.88. The minimum Gasteiger partial charge on any atom is -0.493 e. The number of carbonyl (C=O) groups is 1. The van der Waals surface area contributed by atoms with Crippen molar-refractivity contribution in [3.8, 4) is 22.6 Å². The average Bonchev–Trinajstić information content (AvgIpc) is 3.68. The van der Waals surface area contributed by atoms with E-state index in [0.29, 0.717) is 38.5 Å². The van der Waals surface area contributed by atoms with E-state index in [1.807, 2.05) is 55.1 Å². The van der Waals surface area contributed by atoms with E-state index in [4.69, 9.17) is 24.0 Å². The SMILES string of the molecule is CCOC(=O)c1c(CCCOc2cccc3ccccc23)c2cccc(-c3c(COc4ccc(N5CCOCC5)cc4)nn(C)c3C)c2n1CCCN(C)C. The maximum Gasteiger partial charge on any atom is 0.355 e. The van der Waals surface area contributed by atoms with Crippen molar-refractivity contribution in [1.29, 1.82) is 0 Å². The Hall–Kier alpha value is -5.32. The molecule has 4 aromatic carbocycles. The molecule has 0 atom stereocenters. The van der Waals surface area contributed by atoms with Crippen molar-refractivity contribution in [3.63, 3.8) is 0 Å². The molecule has 10 nitrogen and oxygen atoms in total. The van der Waals surface area contributed by atoms with Gasteiger partial charge in [0.25, 0.3) is 0 Å². The van der Waals surface area contributed by atoms with Crippen LogP contribution in [-0.4, -0.2) is 85.4 Å². The summed E-state index contributed by atoms with van der Waals surface area (Å²) in [5.41, 5.74) is 7.70. The highest BCUT2D eigenvalue weighted by Crippen LogP contribution is 2.39. The highest BCUT2D eigenvalue weighted by molar-refractivity contribution is 6.05. The van der Waals surface area contributed by atoms with Crippen molar-refractivity contribution >= 4 is 33.3 Å². The van der Waals surface area contributed by atoms with Crippen LogP contribution in [0.5, 0.6) is 11.5 Å². The molecule has 2 aromatic heterocycles. The largest absolute Gasteiger partial charge is 0.493 e. The van der Waals surface area contributed by atoms with Gasteiger partial charge in [-0.15, -0.1) is 0 Å². The number of para-hydroxylation sites is 1. The smallest absolute Gasteiger partial charge is 0.355 e. The van der Waals surface area contributed by atoms with Crippen LogP contribution < -0.4 is 14.4 Å². The van der Waals surface area contributed by atoms with Crippen LogP contribution in [0.1, 0.15) is 47.2 Å². The number of nitrogens with zero attached hydrogens (tertiary/aromatic N) is 5. The molecule has 0 saturated carbocycles. The number of carbonyl (C=O) groups excluding carboxylic acids is 1. The zero-order valence-corrected chi connectivity index (χ0v) is 32.8. The highest BCUT2D eigenvalue weighted by Gasteiger charge is 2.28. The van der Waals surface area contributed by atoms with Gasteiger partial charge in [0.05, 0.1) is 31.9 Å². The predicted molar refractivity (Wildman–Crippen MR) is 220 cm³/mol. The van der Waals surface area contributed by atoms with Crippen molar-refractivity contribution < 1.29 is 23.7 Å². The molecular formula is C45H53N5O5. The first-order valence-corrected chi connectivity index (χ1v) is 19.5. The molecule has 55 heavy (non-hydrogen) atoms. The Bertz CT molecular complexity index is 2230. The number of morpholine rings is 1. The molecule has 0 unspecified atom stereocenters. The molecule has 0 aliphatic carbocycles. The molecule has 0 spiro atoms. The van der Waals surface area contributed by atoms with Crippen molar-refractivity contribution in [2.24, 2.45) is 7.05 Å². The molecule has 0 bridgehead atoms. The topological polar surface area (TPSA) is 83.2 Å². The molecule has 7 rings (SSSR count). The Morgan fingerprint density at radius 1 is 0.891 bits per heavy atom. The van der Waals surface area contributed by atoms with E-state index in [1.54, 1.807) is 0 Å². The third-order valence-electron chi connectivity index (χ3n) is 10.5. The van der Waals surface area contributed by atoms with E-state index >= 15 is 0 Å². The van der Waals surface area contributed by atoms with Crippen LogP contribution in [0, 0.1) is 6.92 Å². The van der Waals surface area contributed by atoms with Crippen LogP contribution in [0.15, 0.2) is 84.9 Å². The molecular weight excluding hydrogens is 691 g/mol. The number of esters is 1. The van der Waals surface area contributed by atoms with Gasteiger partial charge in [-0.05, 0) is 95.0 Å². The molecule has 1 saturated heterocycles. The zero-order valence-electron chi connectivity index (χ0n) is 32.8.